The predicted molar refractivity (Wildman–Crippen MR) is 244 cm³/mol. The van der Waals surface area contributed by atoms with Crippen LogP contribution in [0.5, 0.6) is 11.5 Å². The highest BCUT2D eigenvalue weighted by Gasteiger charge is 2.36. The van der Waals surface area contributed by atoms with Gasteiger partial charge in [0.05, 0.1) is 6.07 Å². The Hall–Kier alpha value is -6.22. The Balaban J connectivity index is 1.58. The van der Waals surface area contributed by atoms with Gasteiger partial charge in [0.1, 0.15) is 55.4 Å². The van der Waals surface area contributed by atoms with E-state index in [2.05, 4.69) is 21.3 Å². The van der Waals surface area contributed by atoms with Crippen LogP contribution in [0.4, 0.5) is 0 Å². The highest BCUT2D eigenvalue weighted by Crippen LogP contribution is 2.40. The number of halogens is 2. The van der Waals surface area contributed by atoms with Crippen molar-refractivity contribution < 1.29 is 33.4 Å². The molecule has 0 saturated carbocycles. The van der Waals surface area contributed by atoms with Gasteiger partial charge in [-0.25, -0.2) is 0 Å². The van der Waals surface area contributed by atoms with Gasteiger partial charge in [0.25, 0.3) is 5.91 Å². The Morgan fingerprint density at radius 1 is 0.828 bits per heavy atom. The summed E-state index contributed by atoms with van der Waals surface area (Å²) in [5.41, 5.74) is 21.2. The van der Waals surface area contributed by atoms with Crippen molar-refractivity contribution in [1.82, 2.24) is 26.2 Å². The number of hydrogen-bond donors (Lipinski definition) is 7. The van der Waals surface area contributed by atoms with E-state index in [9.17, 15) is 24.0 Å². The molecule has 0 radical (unpaired) electrons. The van der Waals surface area contributed by atoms with Crippen LogP contribution in [0.2, 0.25) is 10.0 Å². The number of benzene rings is 4. The molecular weight excluding hydrogens is 861 g/mol. The highest BCUT2D eigenvalue weighted by atomic mass is 35.5. The number of rotatable bonds is 17. The molecule has 10 N–H and O–H groups in total. The summed E-state index contributed by atoms with van der Waals surface area (Å²) in [6.07, 6.45) is 1.24. The summed E-state index contributed by atoms with van der Waals surface area (Å²) < 4.78 is 12.2. The van der Waals surface area contributed by atoms with Gasteiger partial charge >= 0.3 is 0 Å². The monoisotopic (exact) mass is 913 g/mol. The fourth-order valence-corrected chi connectivity index (χ4v) is 7.76. The zero-order valence-corrected chi connectivity index (χ0v) is 37.1. The molecule has 338 valence electrons. The van der Waals surface area contributed by atoms with E-state index in [-0.39, 0.29) is 51.3 Å². The van der Waals surface area contributed by atoms with Crippen molar-refractivity contribution in [3.05, 3.63) is 106 Å². The minimum absolute atomic E-state index is 0.00453. The van der Waals surface area contributed by atoms with Crippen LogP contribution >= 0.6 is 23.2 Å². The number of likely N-dealkylation sites (N-methyl/N-ethyl adjacent to an activating group) is 1. The summed E-state index contributed by atoms with van der Waals surface area (Å²) >= 11 is 12.4. The van der Waals surface area contributed by atoms with Gasteiger partial charge in [-0.15, -0.1) is 0 Å². The average Bonchev–Trinajstić information content (AvgIpc) is 3.28. The first-order chi connectivity index (χ1) is 30.8. The van der Waals surface area contributed by atoms with E-state index < -0.39 is 53.7 Å². The number of carbonyl (C=O) groups is 5. The number of ether oxygens (including phenoxy) is 2. The molecule has 1 aliphatic heterocycles. The van der Waals surface area contributed by atoms with Crippen molar-refractivity contribution in [1.29, 1.82) is 5.26 Å². The maximum Gasteiger partial charge on any atom is 0.251 e. The third-order valence-electron chi connectivity index (χ3n) is 10.4. The molecule has 1 aliphatic rings. The van der Waals surface area contributed by atoms with Crippen LogP contribution in [-0.2, 0) is 25.6 Å². The largest absolute Gasteiger partial charge is 0.492 e. The number of amides is 5. The smallest absolute Gasteiger partial charge is 0.251 e. The highest BCUT2D eigenvalue weighted by molar-refractivity contribution is 6.35. The Bertz CT molecular complexity index is 2340. The van der Waals surface area contributed by atoms with Gasteiger partial charge in [-0.2, -0.15) is 5.26 Å². The average molecular weight is 915 g/mol. The van der Waals surface area contributed by atoms with Crippen LogP contribution < -0.4 is 47.9 Å². The van der Waals surface area contributed by atoms with E-state index in [1.165, 1.54) is 18.9 Å². The van der Waals surface area contributed by atoms with Crippen LogP contribution in [0.3, 0.4) is 0 Å². The topological polar surface area (TPSA) is 257 Å². The standard InChI is InChI=1S/C46H53Cl2N9O7/c1-27-42(58)56-38(44(60)53-18-15-50)22-28-6-12-39(63-19-16-51)35(21-28)36-25-31(11-13-40(36)64-20-17-52)41(45(61)54-27)57(2)46(62)37(5-3-4-14-49)55-43(59)30-9-7-29(8-10-30)32-23-33(47)26-34(48)24-32/h6-13,21,23-27,37-38,41H,3-5,14,16-20,22,49,51-52H2,1-2H3,(H,53,60)(H,54,61)(H,55,59)(H,56,58)/t27-,37-,38-,41-/m0/s1. The van der Waals surface area contributed by atoms with Gasteiger partial charge in [0.15, 0.2) is 0 Å². The third-order valence-corrected chi connectivity index (χ3v) is 10.9. The fourth-order valence-electron chi connectivity index (χ4n) is 7.23. The first-order valence-corrected chi connectivity index (χ1v) is 21.6. The second kappa shape index (κ2) is 23.5. The Labute approximate surface area is 382 Å². The third kappa shape index (κ3) is 12.7. The summed E-state index contributed by atoms with van der Waals surface area (Å²) in [7, 11) is 1.44. The minimum atomic E-state index is -1.38. The fraction of sp³-hybridized carbons (Fsp3) is 0.348. The molecule has 64 heavy (non-hydrogen) atoms. The normalized spacial score (nSPS) is 16.5. The molecule has 4 aromatic rings. The van der Waals surface area contributed by atoms with Crippen LogP contribution in [0.1, 0.15) is 53.7 Å². The molecular formula is C46H53Cl2N9O7. The molecule has 0 fully saturated rings. The quantitative estimate of drug-likeness (QED) is 0.0595. The Kier molecular flexibility index (Phi) is 17.9. The second-order valence-corrected chi connectivity index (χ2v) is 16.0. The zero-order valence-electron chi connectivity index (χ0n) is 35.6. The van der Waals surface area contributed by atoms with Crippen LogP contribution in [0.25, 0.3) is 22.3 Å². The summed E-state index contributed by atoms with van der Waals surface area (Å²) in [5, 5.41) is 20.9. The van der Waals surface area contributed by atoms with Gasteiger partial charge in [-0.1, -0.05) is 47.5 Å². The van der Waals surface area contributed by atoms with Gasteiger partial charge < -0.3 is 52.8 Å². The number of nitrogens with two attached hydrogens (primary N) is 3. The first kappa shape index (κ1) is 48.8. The van der Waals surface area contributed by atoms with Crippen molar-refractivity contribution in [2.24, 2.45) is 17.2 Å². The summed E-state index contributed by atoms with van der Waals surface area (Å²) in [6.45, 7) is 2.18. The minimum Gasteiger partial charge on any atom is -0.492 e. The van der Waals surface area contributed by atoms with Crippen molar-refractivity contribution in [3.8, 4) is 39.8 Å². The lowest BCUT2D eigenvalue weighted by atomic mass is 9.93. The summed E-state index contributed by atoms with van der Waals surface area (Å²) in [6, 6.07) is 19.1. The number of hydrogen-bond acceptors (Lipinski definition) is 11. The number of nitrogens with zero attached hydrogens (tertiary/aromatic N) is 2. The van der Waals surface area contributed by atoms with E-state index in [4.69, 9.17) is 55.1 Å². The lowest BCUT2D eigenvalue weighted by molar-refractivity contribution is -0.141. The van der Waals surface area contributed by atoms with E-state index in [1.54, 1.807) is 78.9 Å². The SMILES string of the molecule is C[C@@H]1NC(=O)[C@@H](N(C)C(=O)[C@H](CCCCN)NC(=O)c2ccc(-c3cc(Cl)cc(Cl)c3)cc2)c2ccc(OCCN)c(c2)-c2cc(ccc2OCCN)C[C@@H](C(=O)NCC#N)NC1=O. The predicted octanol–water partition coefficient (Wildman–Crippen LogP) is 3.61. The van der Waals surface area contributed by atoms with Crippen molar-refractivity contribution in [3.63, 3.8) is 0 Å². The molecule has 0 unspecified atom stereocenters. The van der Waals surface area contributed by atoms with Crippen molar-refractivity contribution >= 4 is 52.7 Å². The molecule has 1 heterocycles. The number of carbonyl (C=O) groups excluding carboxylic acids is 5. The molecule has 4 bridgehead atoms. The van der Waals surface area contributed by atoms with E-state index >= 15 is 0 Å². The molecule has 0 aromatic heterocycles. The van der Waals surface area contributed by atoms with Gasteiger partial charge in [-0.3, -0.25) is 24.0 Å². The Morgan fingerprint density at radius 2 is 1.47 bits per heavy atom. The lowest BCUT2D eigenvalue weighted by Crippen LogP contribution is -2.56. The van der Waals surface area contributed by atoms with Crippen molar-refractivity contribution in [2.45, 2.75) is 56.8 Å². The number of unbranched alkanes of at least 4 members (excludes halogenated alkanes) is 1. The molecule has 4 aromatic carbocycles. The maximum atomic E-state index is 14.8. The molecule has 0 aliphatic carbocycles. The lowest BCUT2D eigenvalue weighted by Gasteiger charge is -2.32. The van der Waals surface area contributed by atoms with E-state index in [0.717, 1.165) is 11.1 Å². The molecule has 4 atom stereocenters. The molecule has 18 heteroatoms. The Morgan fingerprint density at radius 3 is 2.09 bits per heavy atom. The molecule has 16 nitrogen and oxygen atoms in total. The van der Waals surface area contributed by atoms with E-state index in [1.807, 2.05) is 6.07 Å². The molecule has 5 rings (SSSR count). The van der Waals surface area contributed by atoms with Gasteiger partial charge in [0, 0.05) is 53.3 Å². The van der Waals surface area contributed by atoms with Crippen LogP contribution in [0.15, 0.2) is 78.9 Å². The van der Waals surface area contributed by atoms with Gasteiger partial charge in [-0.05, 0) is 110 Å². The van der Waals surface area contributed by atoms with E-state index in [0.29, 0.717) is 63.2 Å². The maximum absolute atomic E-state index is 14.8. The second-order valence-electron chi connectivity index (χ2n) is 15.1. The molecule has 5 amide bonds. The zero-order chi connectivity index (χ0) is 46.3. The van der Waals surface area contributed by atoms with Crippen LogP contribution in [-0.4, -0.2) is 99.0 Å². The molecule has 0 spiro atoms. The summed E-state index contributed by atoms with van der Waals surface area (Å²) in [5.74, 6) is -2.39. The van der Waals surface area contributed by atoms with Crippen molar-refractivity contribution in [2.75, 3.05) is 46.4 Å². The number of nitriles is 1. The summed E-state index contributed by atoms with van der Waals surface area (Å²) in [4.78, 5) is 71.5. The van der Waals surface area contributed by atoms with Crippen LogP contribution in [0, 0.1) is 11.3 Å². The number of fused-ring (bicyclic) bond motifs is 5. The first-order valence-electron chi connectivity index (χ1n) is 20.8. The number of nitrogens with one attached hydrogen (secondary N) is 4. The van der Waals surface area contributed by atoms with Gasteiger partial charge in [0.2, 0.25) is 23.6 Å². The molecule has 0 saturated heterocycles.